The van der Waals surface area contributed by atoms with E-state index in [4.69, 9.17) is 0 Å². The maximum absolute atomic E-state index is 14.4. The highest BCUT2D eigenvalue weighted by Crippen LogP contribution is 2.49. The third-order valence-corrected chi connectivity index (χ3v) is 6.80. The van der Waals surface area contributed by atoms with Crippen LogP contribution in [-0.2, 0) is 6.42 Å². The molecule has 1 aliphatic carbocycles. The Morgan fingerprint density at radius 1 is 1.05 bits per heavy atom. The smallest absolute Gasteiger partial charge is 0.370 e. The Hall–Kier alpha value is -2.60. The first-order chi connectivity index (χ1) is 17.2. The van der Waals surface area contributed by atoms with E-state index >= 15 is 0 Å². The summed E-state index contributed by atoms with van der Waals surface area (Å²) in [7, 11) is 0. The molecule has 2 aliphatic rings. The Morgan fingerprint density at radius 2 is 1.70 bits per heavy atom. The fourth-order valence-electron chi connectivity index (χ4n) is 4.72. The summed E-state index contributed by atoms with van der Waals surface area (Å²) < 4.78 is 92.9. The second-order valence-electron chi connectivity index (χ2n) is 9.45. The molecule has 1 saturated heterocycles. The number of piperidine rings is 1. The van der Waals surface area contributed by atoms with Crippen molar-refractivity contribution in [1.29, 1.82) is 0 Å². The van der Waals surface area contributed by atoms with Crippen LogP contribution in [0.25, 0.3) is 0 Å². The summed E-state index contributed by atoms with van der Waals surface area (Å²) in [6.45, 7) is 3.96. The molecular weight excluding hydrogens is 507 g/mol. The number of allylic oxidation sites excluding steroid dienone is 2. The van der Waals surface area contributed by atoms with E-state index < -0.39 is 41.8 Å². The molecule has 1 heterocycles. The van der Waals surface area contributed by atoms with Crippen molar-refractivity contribution in [3.05, 3.63) is 52.9 Å². The number of hydrogen-bond acceptors (Lipinski definition) is 3. The van der Waals surface area contributed by atoms with Crippen LogP contribution in [0.2, 0.25) is 0 Å². The summed E-state index contributed by atoms with van der Waals surface area (Å²) in [5.41, 5.74) is -4.37. The first kappa shape index (κ1) is 29.0. The molecule has 0 unspecified atom stereocenters. The van der Waals surface area contributed by atoms with Gasteiger partial charge in [0.15, 0.2) is 0 Å². The Kier molecular flexibility index (Phi) is 8.94. The molecule has 1 fully saturated rings. The number of aliphatic hydroxyl groups is 1. The molecule has 1 aliphatic heterocycles. The number of carbonyl (C=O) groups excluding carboxylic acids is 1. The number of urea groups is 1. The van der Waals surface area contributed by atoms with Crippen LogP contribution in [0, 0.1) is 11.7 Å². The van der Waals surface area contributed by atoms with E-state index in [-0.39, 0.29) is 12.1 Å². The number of carbonyl (C=O) groups is 1. The van der Waals surface area contributed by atoms with Crippen molar-refractivity contribution in [2.45, 2.75) is 57.0 Å². The van der Waals surface area contributed by atoms with Crippen molar-refractivity contribution in [3.63, 3.8) is 0 Å². The lowest BCUT2D eigenvalue weighted by molar-refractivity contribution is -0.352. The predicted octanol–water partition coefficient (Wildman–Crippen LogP) is 5.72. The van der Waals surface area contributed by atoms with E-state index in [1.54, 1.807) is 13.0 Å². The largest absolute Gasteiger partial charge is 0.430 e. The summed E-state index contributed by atoms with van der Waals surface area (Å²) in [5, 5.41) is 14.5. The molecule has 1 aromatic rings. The second-order valence-corrected chi connectivity index (χ2v) is 9.45. The Labute approximate surface area is 210 Å². The van der Waals surface area contributed by atoms with Gasteiger partial charge in [0.25, 0.3) is 5.60 Å². The molecule has 12 heteroatoms. The van der Waals surface area contributed by atoms with Gasteiger partial charge in [-0.25, -0.2) is 9.18 Å². The Morgan fingerprint density at radius 3 is 2.22 bits per heavy atom. The lowest BCUT2D eigenvalue weighted by Gasteiger charge is -2.36. The van der Waals surface area contributed by atoms with Crippen molar-refractivity contribution in [2.24, 2.45) is 5.92 Å². The number of amides is 2. The normalized spacial score (nSPS) is 18.3. The van der Waals surface area contributed by atoms with Gasteiger partial charge in [-0.2, -0.15) is 26.3 Å². The highest BCUT2D eigenvalue weighted by Gasteiger charge is 2.72. The minimum absolute atomic E-state index is 0.00380. The van der Waals surface area contributed by atoms with Gasteiger partial charge in [0, 0.05) is 13.1 Å². The van der Waals surface area contributed by atoms with E-state index in [0.717, 1.165) is 24.5 Å². The number of hydrogen-bond donors (Lipinski definition) is 3. The van der Waals surface area contributed by atoms with Crippen LogP contribution >= 0.6 is 0 Å². The number of rotatable bonds is 7. The summed E-state index contributed by atoms with van der Waals surface area (Å²) in [6, 6.07) is 4.19. The standard InChI is InChI=1S/C25H30F7N3O2/c1-2-33-22(36)34-21-8-5-18(14-20(21)26)13-16-9-11-35(12-10-16)15-17-3-6-19(7-4-17)23(37,24(27,28)29)25(30,31)32/h3,5-6,8,14,16,37H,2,4,7,9-13,15H2,1H3,(H2,33,34,36). The minimum atomic E-state index is -5.87. The zero-order chi connectivity index (χ0) is 27.4. The van der Waals surface area contributed by atoms with Crippen LogP contribution in [0.4, 0.5) is 41.2 Å². The molecule has 0 spiro atoms. The topological polar surface area (TPSA) is 64.6 Å². The first-order valence-electron chi connectivity index (χ1n) is 12.0. The van der Waals surface area contributed by atoms with Crippen LogP contribution in [-0.4, -0.2) is 60.2 Å². The average molecular weight is 538 g/mol. The maximum Gasteiger partial charge on any atom is 0.430 e. The van der Waals surface area contributed by atoms with E-state index in [1.165, 1.54) is 18.2 Å². The highest BCUT2D eigenvalue weighted by atomic mass is 19.4. The van der Waals surface area contributed by atoms with Crippen molar-refractivity contribution in [2.75, 3.05) is 31.5 Å². The summed E-state index contributed by atoms with van der Waals surface area (Å²) in [5.74, 6) is -0.237. The van der Waals surface area contributed by atoms with Crippen molar-refractivity contribution >= 4 is 11.7 Å². The summed E-state index contributed by atoms with van der Waals surface area (Å²) in [4.78, 5) is 13.7. The zero-order valence-corrected chi connectivity index (χ0v) is 20.3. The Bertz CT molecular complexity index is 1010. The SMILES string of the molecule is CCNC(=O)Nc1ccc(CC2CCN(CC3=CC=C(C(O)(C(F)(F)F)C(F)(F)F)CC3)CC2)cc1F. The quantitative estimate of drug-likeness (QED) is 0.390. The maximum atomic E-state index is 14.4. The van der Waals surface area contributed by atoms with Gasteiger partial charge in [-0.3, -0.25) is 4.90 Å². The molecule has 3 rings (SSSR count). The van der Waals surface area contributed by atoms with Crippen LogP contribution < -0.4 is 10.6 Å². The third-order valence-electron chi connectivity index (χ3n) is 6.80. The fourth-order valence-corrected chi connectivity index (χ4v) is 4.72. The molecule has 5 nitrogen and oxygen atoms in total. The molecule has 0 atom stereocenters. The van der Waals surface area contributed by atoms with Gasteiger partial charge in [0.2, 0.25) is 0 Å². The lowest BCUT2D eigenvalue weighted by Crippen LogP contribution is -2.58. The van der Waals surface area contributed by atoms with Gasteiger partial charge in [-0.1, -0.05) is 23.8 Å². The van der Waals surface area contributed by atoms with Gasteiger partial charge in [-0.05, 0) is 81.3 Å². The average Bonchev–Trinajstić information content (AvgIpc) is 2.81. The second kappa shape index (κ2) is 11.4. The van der Waals surface area contributed by atoms with Crippen molar-refractivity contribution in [1.82, 2.24) is 10.2 Å². The lowest BCUT2D eigenvalue weighted by atomic mass is 9.84. The number of nitrogens with zero attached hydrogens (tertiary/aromatic N) is 1. The van der Waals surface area contributed by atoms with Gasteiger partial charge < -0.3 is 15.7 Å². The van der Waals surface area contributed by atoms with Crippen LogP contribution in [0.3, 0.4) is 0 Å². The zero-order valence-electron chi connectivity index (χ0n) is 20.3. The van der Waals surface area contributed by atoms with Gasteiger partial charge in [0.05, 0.1) is 5.69 Å². The molecule has 2 amide bonds. The van der Waals surface area contributed by atoms with Gasteiger partial charge in [0.1, 0.15) is 5.82 Å². The molecule has 0 bridgehead atoms. The van der Waals surface area contributed by atoms with Crippen LogP contribution in [0.5, 0.6) is 0 Å². The van der Waals surface area contributed by atoms with Crippen LogP contribution in [0.15, 0.2) is 41.5 Å². The minimum Gasteiger partial charge on any atom is -0.370 e. The molecule has 0 saturated carbocycles. The summed E-state index contributed by atoms with van der Waals surface area (Å²) in [6.07, 6.45) is -8.04. The molecule has 1 aromatic carbocycles. The highest BCUT2D eigenvalue weighted by molar-refractivity contribution is 5.89. The first-order valence-corrected chi connectivity index (χ1v) is 12.0. The Balaban J connectivity index is 1.53. The molecule has 37 heavy (non-hydrogen) atoms. The summed E-state index contributed by atoms with van der Waals surface area (Å²) >= 11 is 0. The van der Waals surface area contributed by atoms with E-state index in [9.17, 15) is 40.6 Å². The van der Waals surface area contributed by atoms with Crippen molar-refractivity contribution in [3.8, 4) is 0 Å². The number of anilines is 1. The molecule has 3 N–H and O–H groups in total. The molecule has 206 valence electrons. The van der Waals surface area contributed by atoms with E-state index in [0.29, 0.717) is 44.1 Å². The molecule has 0 radical (unpaired) electrons. The molecular formula is C25H30F7N3O2. The van der Waals surface area contributed by atoms with E-state index in [1.807, 2.05) is 0 Å². The fraction of sp³-hybridized carbons (Fsp3) is 0.560. The van der Waals surface area contributed by atoms with E-state index in [2.05, 4.69) is 15.5 Å². The predicted molar refractivity (Wildman–Crippen MR) is 124 cm³/mol. The number of halogens is 7. The van der Waals surface area contributed by atoms with Crippen molar-refractivity contribution < 1.29 is 40.6 Å². The monoisotopic (exact) mass is 537 g/mol. The van der Waals surface area contributed by atoms with Gasteiger partial charge in [-0.15, -0.1) is 0 Å². The van der Waals surface area contributed by atoms with Gasteiger partial charge >= 0.3 is 18.4 Å². The number of benzene rings is 1. The number of alkyl halides is 6. The third kappa shape index (κ3) is 6.84. The van der Waals surface area contributed by atoms with Crippen LogP contribution in [0.1, 0.15) is 38.2 Å². The number of likely N-dealkylation sites (tertiary alicyclic amines) is 1. The molecule has 0 aromatic heterocycles. The number of nitrogens with one attached hydrogen (secondary N) is 2.